The monoisotopic (exact) mass is 606 g/mol. The highest BCUT2D eigenvalue weighted by molar-refractivity contribution is 6.27. The molecule has 2 aromatic heterocycles. The molecule has 0 saturated heterocycles. The second kappa shape index (κ2) is 13.3. The van der Waals surface area contributed by atoms with Crippen molar-refractivity contribution < 1.29 is 27.2 Å². The maximum atomic E-state index is 13.8. The molecule has 0 aliphatic carbocycles. The van der Waals surface area contributed by atoms with E-state index in [0.29, 0.717) is 29.2 Å². The van der Waals surface area contributed by atoms with Gasteiger partial charge in [-0.25, -0.2) is 9.67 Å². The number of halogens is 3. The normalized spacial score (nSPS) is 12.7. The highest BCUT2D eigenvalue weighted by Crippen LogP contribution is 2.31. The number of carbonyl (C=O) groups is 2. The number of nitrogens with zero attached hydrogens (tertiary/aromatic N) is 5. The summed E-state index contributed by atoms with van der Waals surface area (Å²) in [6.07, 6.45) is -1.66. The summed E-state index contributed by atoms with van der Waals surface area (Å²) >= 11 is 0. The molecule has 1 atom stereocenters. The number of aromatic nitrogens is 3. The summed E-state index contributed by atoms with van der Waals surface area (Å²) in [6, 6.07) is 13.3. The molecule has 0 saturated carbocycles. The first-order valence-corrected chi connectivity index (χ1v) is 13.3. The Kier molecular flexibility index (Phi) is 9.50. The fourth-order valence-electron chi connectivity index (χ4n) is 4.29. The summed E-state index contributed by atoms with van der Waals surface area (Å²) in [5, 5.41) is 21.5. The van der Waals surface area contributed by atoms with Crippen LogP contribution in [0, 0.1) is 11.3 Å². The first kappa shape index (κ1) is 31.5. The van der Waals surface area contributed by atoms with Gasteiger partial charge >= 0.3 is 6.18 Å². The highest BCUT2D eigenvalue weighted by atomic mass is 19.4. The molecule has 0 aliphatic rings. The van der Waals surface area contributed by atoms with Crippen LogP contribution in [0.2, 0.25) is 0 Å². The highest BCUT2D eigenvalue weighted by Gasteiger charge is 2.32. The molecule has 4 rings (SSSR count). The number of nitriles is 1. The number of carbonyl (C=O) groups excluding carboxylic acids is 2. The third-order valence-corrected chi connectivity index (χ3v) is 6.30. The van der Waals surface area contributed by atoms with Gasteiger partial charge in [-0.1, -0.05) is 6.07 Å². The van der Waals surface area contributed by atoms with Crippen LogP contribution in [0.25, 0.3) is 11.4 Å². The molecule has 0 spiro atoms. The van der Waals surface area contributed by atoms with Crippen molar-refractivity contribution in [3.8, 4) is 11.8 Å². The lowest BCUT2D eigenvalue weighted by Gasteiger charge is -2.18. The van der Waals surface area contributed by atoms with Crippen molar-refractivity contribution in [1.82, 2.24) is 30.3 Å². The maximum absolute atomic E-state index is 13.8. The minimum absolute atomic E-state index is 0.0294. The summed E-state index contributed by atoms with van der Waals surface area (Å²) in [5.74, 6) is -1.08. The molecule has 44 heavy (non-hydrogen) atoms. The number of nitrogens with one attached hydrogen (secondary N) is 3. The molecule has 0 fully saturated rings. The molecule has 2 heterocycles. The third kappa shape index (κ3) is 7.31. The van der Waals surface area contributed by atoms with E-state index >= 15 is 0 Å². The molecule has 2 amide bonds. The Hall–Kier alpha value is -5.42. The van der Waals surface area contributed by atoms with Gasteiger partial charge in [-0.15, -0.1) is 0 Å². The lowest BCUT2D eigenvalue weighted by atomic mass is 10.1. The van der Waals surface area contributed by atoms with Crippen molar-refractivity contribution >= 4 is 23.2 Å². The molecule has 4 aromatic rings. The van der Waals surface area contributed by atoms with Crippen molar-refractivity contribution in [2.24, 2.45) is 0 Å². The second-order valence-corrected chi connectivity index (χ2v) is 9.92. The Morgan fingerprint density at radius 3 is 2.48 bits per heavy atom. The number of rotatable bonds is 10. The average Bonchev–Trinajstić information content (AvgIpc) is 3.65. The molecule has 14 heteroatoms. The Balaban J connectivity index is 1.76. The second-order valence-electron chi connectivity index (χ2n) is 9.92. The van der Waals surface area contributed by atoms with E-state index in [1.54, 1.807) is 37.3 Å². The molecule has 0 radical (unpaired) electrons. The largest absolute Gasteiger partial charge is 0.442 e. The van der Waals surface area contributed by atoms with Crippen LogP contribution in [0.15, 0.2) is 77.0 Å². The Morgan fingerprint density at radius 2 is 1.84 bits per heavy atom. The molecule has 0 aliphatic heterocycles. The van der Waals surface area contributed by atoms with Gasteiger partial charge in [-0.2, -0.15) is 23.5 Å². The SMILES string of the molecule is CN/C(=C(\C(=O)Nc1cccc(C(F)(F)F)c1)C(=O)N[C@@H](C)c1ncc(CN(C)C)o1)c1ccnn1-c1ccc(C#N)cc1. The van der Waals surface area contributed by atoms with Crippen LogP contribution in [0.4, 0.5) is 18.9 Å². The lowest BCUT2D eigenvalue weighted by Crippen LogP contribution is -2.35. The van der Waals surface area contributed by atoms with Crippen LogP contribution < -0.4 is 16.0 Å². The van der Waals surface area contributed by atoms with E-state index in [9.17, 15) is 22.8 Å². The zero-order valence-corrected chi connectivity index (χ0v) is 24.2. The van der Waals surface area contributed by atoms with Crippen molar-refractivity contribution in [3.63, 3.8) is 0 Å². The predicted molar refractivity (Wildman–Crippen MR) is 155 cm³/mol. The van der Waals surface area contributed by atoms with Gasteiger partial charge in [0.05, 0.1) is 53.2 Å². The lowest BCUT2D eigenvalue weighted by molar-refractivity contribution is -0.137. The van der Waals surface area contributed by atoms with E-state index in [2.05, 4.69) is 26.0 Å². The fourth-order valence-corrected chi connectivity index (χ4v) is 4.29. The number of benzene rings is 2. The van der Waals surface area contributed by atoms with E-state index in [0.717, 1.165) is 18.2 Å². The Morgan fingerprint density at radius 1 is 1.11 bits per heavy atom. The first-order valence-electron chi connectivity index (χ1n) is 13.3. The number of oxazole rings is 1. The smallest absolute Gasteiger partial charge is 0.416 e. The van der Waals surface area contributed by atoms with Gasteiger partial charge < -0.3 is 25.3 Å². The number of hydrogen-bond acceptors (Lipinski definition) is 8. The predicted octanol–water partition coefficient (Wildman–Crippen LogP) is 4.26. The van der Waals surface area contributed by atoms with Crippen LogP contribution in [-0.4, -0.2) is 52.6 Å². The van der Waals surface area contributed by atoms with Gasteiger partial charge in [0, 0.05) is 12.7 Å². The standard InChI is InChI=1S/C30H29F3N8O3/c1-18(29-36-16-23(44-29)17-40(3)4)38-27(42)25(28(43)39-21-7-5-6-20(14-21)30(31,32)33)26(35-2)24-12-13-37-41(24)22-10-8-19(15-34)9-11-22/h5-14,16,18,35H,17H2,1-4H3,(H,38,42)(H,39,43)/b26-25-/t18-/m0/s1. The number of amides is 2. The topological polar surface area (TPSA) is 141 Å². The van der Waals surface area contributed by atoms with Gasteiger partial charge in [-0.3, -0.25) is 9.59 Å². The van der Waals surface area contributed by atoms with Crippen molar-refractivity contribution in [2.45, 2.75) is 25.7 Å². The van der Waals surface area contributed by atoms with Crippen LogP contribution in [0.5, 0.6) is 0 Å². The molecular weight excluding hydrogens is 577 g/mol. The first-order chi connectivity index (χ1) is 20.9. The van der Waals surface area contributed by atoms with Crippen molar-refractivity contribution in [1.29, 1.82) is 5.26 Å². The Labute approximate surface area is 251 Å². The maximum Gasteiger partial charge on any atom is 0.416 e. The Bertz CT molecular complexity index is 1720. The van der Waals surface area contributed by atoms with Gasteiger partial charge in [-0.05, 0) is 69.6 Å². The van der Waals surface area contributed by atoms with Crippen molar-refractivity contribution in [3.05, 3.63) is 101 Å². The summed E-state index contributed by atoms with van der Waals surface area (Å²) in [6.45, 7) is 2.09. The average molecular weight is 607 g/mol. The minimum Gasteiger partial charge on any atom is -0.442 e. The quantitative estimate of drug-likeness (QED) is 0.138. The van der Waals surface area contributed by atoms with E-state index in [1.807, 2.05) is 25.1 Å². The summed E-state index contributed by atoms with van der Waals surface area (Å²) in [4.78, 5) is 33.6. The fraction of sp³-hybridized carbons (Fsp3) is 0.233. The molecule has 228 valence electrons. The zero-order chi connectivity index (χ0) is 32.0. The summed E-state index contributed by atoms with van der Waals surface area (Å²) in [7, 11) is 5.20. The van der Waals surface area contributed by atoms with Gasteiger partial charge in [0.25, 0.3) is 11.8 Å². The van der Waals surface area contributed by atoms with Gasteiger partial charge in [0.15, 0.2) is 0 Å². The number of anilines is 1. The van der Waals surface area contributed by atoms with Crippen LogP contribution in [0.3, 0.4) is 0 Å². The van der Waals surface area contributed by atoms with Crippen molar-refractivity contribution in [2.75, 3.05) is 26.5 Å². The molecule has 3 N–H and O–H groups in total. The third-order valence-electron chi connectivity index (χ3n) is 6.30. The number of alkyl halides is 3. The van der Waals surface area contributed by atoms with E-state index < -0.39 is 35.2 Å². The number of hydrogen-bond donors (Lipinski definition) is 3. The zero-order valence-electron chi connectivity index (χ0n) is 24.2. The van der Waals surface area contributed by atoms with Crippen LogP contribution >= 0.6 is 0 Å². The van der Waals surface area contributed by atoms with Crippen LogP contribution in [-0.2, 0) is 22.3 Å². The molecule has 11 nitrogen and oxygen atoms in total. The molecular formula is C30H29F3N8O3. The summed E-state index contributed by atoms with van der Waals surface area (Å²) < 4.78 is 47.2. The van der Waals surface area contributed by atoms with E-state index in [-0.39, 0.29) is 17.3 Å². The van der Waals surface area contributed by atoms with Gasteiger partial charge in [0.1, 0.15) is 17.4 Å². The molecule has 2 aromatic carbocycles. The van der Waals surface area contributed by atoms with Crippen LogP contribution in [0.1, 0.15) is 41.4 Å². The summed E-state index contributed by atoms with van der Waals surface area (Å²) in [5.41, 5.74) is -0.310. The van der Waals surface area contributed by atoms with Gasteiger partial charge in [0.2, 0.25) is 5.89 Å². The van der Waals surface area contributed by atoms with E-state index in [4.69, 9.17) is 9.68 Å². The van der Waals surface area contributed by atoms with E-state index in [1.165, 1.54) is 30.2 Å². The minimum atomic E-state index is -4.64. The molecule has 0 unspecified atom stereocenters. The molecule has 0 bridgehead atoms.